The Bertz CT molecular complexity index is 379. The van der Waals surface area contributed by atoms with Gasteiger partial charge in [-0.05, 0) is 38.1 Å². The van der Waals surface area contributed by atoms with E-state index in [1.165, 1.54) is 18.4 Å². The fourth-order valence-corrected chi connectivity index (χ4v) is 3.07. The minimum atomic E-state index is 0.0970. The van der Waals surface area contributed by atoms with Crippen LogP contribution in [0.25, 0.3) is 0 Å². The maximum atomic E-state index is 12.3. The first-order chi connectivity index (χ1) is 9.84. The molecule has 1 unspecified atom stereocenters. The van der Waals surface area contributed by atoms with Gasteiger partial charge in [-0.1, -0.05) is 11.6 Å². The Morgan fingerprint density at radius 1 is 1.50 bits per heavy atom. The number of ether oxygens (including phenoxy) is 1. The molecule has 2 fully saturated rings. The van der Waals surface area contributed by atoms with Gasteiger partial charge in [0.05, 0.1) is 19.3 Å². The van der Waals surface area contributed by atoms with Crippen LogP contribution in [0, 0.1) is 5.92 Å². The van der Waals surface area contributed by atoms with Crippen LogP contribution in [0.3, 0.4) is 0 Å². The number of carbonyl (C=O) groups is 1. The molecule has 2 aliphatic heterocycles. The highest BCUT2D eigenvalue weighted by Crippen LogP contribution is 2.36. The summed E-state index contributed by atoms with van der Waals surface area (Å²) in [5.41, 5.74) is 1.46. The highest BCUT2D eigenvalue weighted by Gasteiger charge is 2.39. The molecule has 5 nitrogen and oxygen atoms in total. The van der Waals surface area contributed by atoms with Gasteiger partial charge in [0.2, 0.25) is 0 Å². The molecule has 2 amide bonds. The Labute approximate surface area is 120 Å². The molecule has 0 bridgehead atoms. The first-order valence-corrected chi connectivity index (χ1v) is 7.85. The topological polar surface area (TPSA) is 53.6 Å². The van der Waals surface area contributed by atoms with E-state index in [0.29, 0.717) is 18.6 Å². The van der Waals surface area contributed by atoms with E-state index in [2.05, 4.69) is 16.7 Å². The maximum absolute atomic E-state index is 12.3. The van der Waals surface area contributed by atoms with E-state index in [1.54, 1.807) is 0 Å². The van der Waals surface area contributed by atoms with Gasteiger partial charge in [-0.3, -0.25) is 0 Å². The average molecular weight is 279 g/mol. The fraction of sp³-hybridized carbons (Fsp3) is 0.800. The number of hydrogen-bond acceptors (Lipinski definition) is 3. The van der Waals surface area contributed by atoms with Gasteiger partial charge in [0.15, 0.2) is 0 Å². The highest BCUT2D eigenvalue weighted by molar-refractivity contribution is 5.74. The van der Waals surface area contributed by atoms with E-state index in [-0.39, 0.29) is 6.03 Å². The lowest BCUT2D eigenvalue weighted by atomic mass is 10.1. The Morgan fingerprint density at radius 3 is 3.15 bits per heavy atom. The average Bonchev–Trinajstić information content (AvgIpc) is 3.33. The number of carbonyl (C=O) groups excluding carboxylic acids is 1. The van der Waals surface area contributed by atoms with Crippen LogP contribution in [0.5, 0.6) is 0 Å². The second kappa shape index (κ2) is 6.59. The van der Waals surface area contributed by atoms with Crippen LogP contribution in [0.1, 0.15) is 25.7 Å². The van der Waals surface area contributed by atoms with Gasteiger partial charge in [-0.15, -0.1) is 0 Å². The molecule has 2 N–H and O–H groups in total. The van der Waals surface area contributed by atoms with Crippen molar-refractivity contribution in [2.45, 2.75) is 31.7 Å². The summed E-state index contributed by atoms with van der Waals surface area (Å²) < 4.78 is 5.53. The highest BCUT2D eigenvalue weighted by atomic mass is 16.5. The number of nitrogens with one attached hydrogen (secondary N) is 2. The van der Waals surface area contributed by atoms with Crippen molar-refractivity contribution in [1.29, 1.82) is 0 Å². The molecule has 3 aliphatic rings. The molecule has 1 saturated carbocycles. The normalized spacial score (nSPS) is 27.1. The third kappa shape index (κ3) is 3.52. The van der Waals surface area contributed by atoms with Crippen LogP contribution < -0.4 is 10.6 Å². The molecule has 3 rings (SSSR count). The molecule has 0 aromatic carbocycles. The van der Waals surface area contributed by atoms with Gasteiger partial charge in [0, 0.05) is 19.6 Å². The third-order valence-corrected chi connectivity index (χ3v) is 4.47. The summed E-state index contributed by atoms with van der Waals surface area (Å²) >= 11 is 0. The molecule has 0 aromatic rings. The molecule has 1 saturated heterocycles. The lowest BCUT2D eigenvalue weighted by Gasteiger charge is -2.35. The van der Waals surface area contributed by atoms with Gasteiger partial charge in [0.1, 0.15) is 0 Å². The van der Waals surface area contributed by atoms with Gasteiger partial charge >= 0.3 is 6.03 Å². The van der Waals surface area contributed by atoms with Crippen molar-refractivity contribution in [3.63, 3.8) is 0 Å². The van der Waals surface area contributed by atoms with Crippen LogP contribution in [0.2, 0.25) is 0 Å². The molecular weight excluding hydrogens is 254 g/mol. The molecule has 2 heterocycles. The molecular formula is C15H25N3O2. The largest absolute Gasteiger partial charge is 0.377 e. The molecule has 5 heteroatoms. The first kappa shape index (κ1) is 13.9. The van der Waals surface area contributed by atoms with Crippen molar-refractivity contribution in [3.05, 3.63) is 11.6 Å². The molecule has 0 spiro atoms. The van der Waals surface area contributed by atoms with E-state index in [1.807, 2.05) is 4.90 Å². The predicted molar refractivity (Wildman–Crippen MR) is 77.6 cm³/mol. The first-order valence-electron chi connectivity index (χ1n) is 7.85. The molecule has 20 heavy (non-hydrogen) atoms. The van der Waals surface area contributed by atoms with Crippen LogP contribution in [-0.2, 0) is 4.74 Å². The molecule has 1 atom stereocenters. The SMILES string of the molecule is O=C(NCCC1=CCNCC1)N1CCOCC1C1CC1. The van der Waals surface area contributed by atoms with Crippen molar-refractivity contribution < 1.29 is 9.53 Å². The number of amides is 2. The summed E-state index contributed by atoms with van der Waals surface area (Å²) in [6, 6.07) is 0.404. The number of morpholine rings is 1. The van der Waals surface area contributed by atoms with Crippen molar-refractivity contribution in [3.8, 4) is 0 Å². The standard InChI is InChI=1S/C15H25N3O2/c19-15(17-8-5-12-3-6-16-7-4-12)18-9-10-20-11-14(18)13-1-2-13/h3,13-14,16H,1-2,4-11H2,(H,17,19). The lowest BCUT2D eigenvalue weighted by molar-refractivity contribution is 0.00476. The zero-order chi connectivity index (χ0) is 13.8. The minimum Gasteiger partial charge on any atom is -0.377 e. The molecule has 0 aromatic heterocycles. The third-order valence-electron chi connectivity index (χ3n) is 4.47. The number of urea groups is 1. The summed E-state index contributed by atoms with van der Waals surface area (Å²) in [6.07, 6.45) is 6.83. The van der Waals surface area contributed by atoms with E-state index in [0.717, 1.165) is 45.6 Å². The zero-order valence-electron chi connectivity index (χ0n) is 12.1. The van der Waals surface area contributed by atoms with Crippen molar-refractivity contribution in [2.75, 3.05) is 39.4 Å². The minimum absolute atomic E-state index is 0.0970. The zero-order valence-corrected chi connectivity index (χ0v) is 12.1. The van der Waals surface area contributed by atoms with Crippen molar-refractivity contribution in [2.24, 2.45) is 5.92 Å². The quantitative estimate of drug-likeness (QED) is 0.758. The van der Waals surface area contributed by atoms with Crippen LogP contribution in [-0.4, -0.2) is 56.4 Å². The number of rotatable bonds is 4. The number of hydrogen-bond donors (Lipinski definition) is 2. The molecule has 112 valence electrons. The molecule has 0 radical (unpaired) electrons. The van der Waals surface area contributed by atoms with E-state index in [4.69, 9.17) is 4.74 Å². The smallest absolute Gasteiger partial charge is 0.317 e. The summed E-state index contributed by atoms with van der Waals surface area (Å²) in [6.45, 7) is 4.91. The van der Waals surface area contributed by atoms with E-state index >= 15 is 0 Å². The summed E-state index contributed by atoms with van der Waals surface area (Å²) in [7, 11) is 0. The van der Waals surface area contributed by atoms with Gasteiger partial charge in [-0.25, -0.2) is 4.79 Å². The van der Waals surface area contributed by atoms with Crippen molar-refractivity contribution >= 4 is 6.03 Å². The van der Waals surface area contributed by atoms with E-state index in [9.17, 15) is 4.79 Å². The fourth-order valence-electron chi connectivity index (χ4n) is 3.07. The maximum Gasteiger partial charge on any atom is 0.317 e. The summed E-state index contributed by atoms with van der Waals surface area (Å²) in [4.78, 5) is 14.3. The Hall–Kier alpha value is -1.07. The van der Waals surface area contributed by atoms with Gasteiger partial charge in [-0.2, -0.15) is 0 Å². The monoisotopic (exact) mass is 279 g/mol. The van der Waals surface area contributed by atoms with Crippen molar-refractivity contribution in [1.82, 2.24) is 15.5 Å². The van der Waals surface area contributed by atoms with Gasteiger partial charge < -0.3 is 20.3 Å². The Morgan fingerprint density at radius 2 is 2.40 bits per heavy atom. The second-order valence-corrected chi connectivity index (χ2v) is 5.97. The molecule has 1 aliphatic carbocycles. The Kier molecular flexibility index (Phi) is 4.58. The number of nitrogens with zero attached hydrogens (tertiary/aromatic N) is 1. The summed E-state index contributed by atoms with van der Waals surface area (Å²) in [5, 5.41) is 6.39. The lowest BCUT2D eigenvalue weighted by Crippen LogP contribution is -2.53. The summed E-state index contributed by atoms with van der Waals surface area (Å²) in [5.74, 6) is 0.674. The predicted octanol–water partition coefficient (Wildman–Crippen LogP) is 1.12. The second-order valence-electron chi connectivity index (χ2n) is 5.97. The van der Waals surface area contributed by atoms with Gasteiger partial charge in [0.25, 0.3) is 0 Å². The van der Waals surface area contributed by atoms with Crippen LogP contribution in [0.15, 0.2) is 11.6 Å². The van der Waals surface area contributed by atoms with Crippen LogP contribution in [0.4, 0.5) is 4.79 Å². The van der Waals surface area contributed by atoms with Crippen LogP contribution >= 0.6 is 0 Å². The Balaban J connectivity index is 1.44. The van der Waals surface area contributed by atoms with E-state index < -0.39 is 0 Å².